The third-order valence-electron chi connectivity index (χ3n) is 5.89. The Bertz CT molecular complexity index is 768. The maximum Gasteiger partial charge on any atom is 0.231 e. The highest BCUT2D eigenvalue weighted by molar-refractivity contribution is 5.89. The summed E-state index contributed by atoms with van der Waals surface area (Å²) in [5, 5.41) is 17.6. The van der Waals surface area contributed by atoms with Gasteiger partial charge in [-0.1, -0.05) is 24.3 Å². The largest absolute Gasteiger partial charge is 0.391 e. The average molecular weight is 355 g/mol. The van der Waals surface area contributed by atoms with Crippen molar-refractivity contribution in [3.05, 3.63) is 53.9 Å². The van der Waals surface area contributed by atoms with Gasteiger partial charge in [0.25, 0.3) is 0 Å². The number of carbonyl (C=O) groups is 1. The molecule has 6 nitrogen and oxygen atoms in total. The van der Waals surface area contributed by atoms with Gasteiger partial charge < -0.3 is 15.2 Å². The van der Waals surface area contributed by atoms with Crippen molar-refractivity contribution < 1.29 is 14.6 Å². The number of carbonyl (C=O) groups excluding carboxylic acids is 1. The summed E-state index contributed by atoms with van der Waals surface area (Å²) in [6.45, 7) is 3.22. The monoisotopic (exact) mass is 355 g/mol. The fourth-order valence-corrected chi connectivity index (χ4v) is 4.33. The number of aliphatic hydroxyl groups is 1. The second kappa shape index (κ2) is 6.85. The number of ether oxygens (including phenoxy) is 1. The zero-order valence-corrected chi connectivity index (χ0v) is 15.0. The molecule has 1 aromatic carbocycles. The van der Waals surface area contributed by atoms with Crippen molar-refractivity contribution in [2.75, 3.05) is 13.2 Å². The molecule has 2 N–H and O–H groups in total. The number of aryl methyl sites for hydroxylation is 1. The summed E-state index contributed by atoms with van der Waals surface area (Å²) in [4.78, 5) is 13.4. The molecule has 2 aromatic rings. The quantitative estimate of drug-likeness (QED) is 0.876. The average Bonchev–Trinajstić information content (AvgIpc) is 3.15. The zero-order chi connectivity index (χ0) is 18.1. The molecule has 1 aliphatic carbocycles. The number of hydrogen-bond donors (Lipinski definition) is 2. The van der Waals surface area contributed by atoms with Crippen LogP contribution in [-0.2, 0) is 14.9 Å². The Morgan fingerprint density at radius 2 is 2.08 bits per heavy atom. The zero-order valence-electron chi connectivity index (χ0n) is 15.0. The molecule has 6 heteroatoms. The van der Waals surface area contributed by atoms with Crippen molar-refractivity contribution >= 4 is 5.91 Å². The summed E-state index contributed by atoms with van der Waals surface area (Å²) in [5.74, 6) is 0.0316. The van der Waals surface area contributed by atoms with Crippen LogP contribution in [0.1, 0.15) is 36.4 Å². The van der Waals surface area contributed by atoms with Gasteiger partial charge in [-0.2, -0.15) is 5.10 Å². The Kier molecular flexibility index (Phi) is 4.54. The molecule has 0 unspecified atom stereocenters. The molecule has 1 amide bonds. The van der Waals surface area contributed by atoms with E-state index in [9.17, 15) is 9.90 Å². The van der Waals surface area contributed by atoms with Gasteiger partial charge in [0.1, 0.15) is 0 Å². The summed E-state index contributed by atoms with van der Waals surface area (Å²) in [7, 11) is 0. The second-order valence-corrected chi connectivity index (χ2v) is 7.37. The molecule has 1 saturated carbocycles. The molecule has 0 spiro atoms. The number of amides is 1. The number of nitrogens with zero attached hydrogens (tertiary/aromatic N) is 2. The fourth-order valence-electron chi connectivity index (χ4n) is 4.33. The van der Waals surface area contributed by atoms with Gasteiger partial charge in [0.05, 0.1) is 23.6 Å². The molecule has 1 aromatic heterocycles. The maximum absolute atomic E-state index is 13.4. The highest BCUT2D eigenvalue weighted by Gasteiger charge is 2.48. The molecule has 26 heavy (non-hydrogen) atoms. The number of aromatic nitrogens is 2. The van der Waals surface area contributed by atoms with Gasteiger partial charge in [-0.25, -0.2) is 0 Å². The molecule has 2 aliphatic rings. The van der Waals surface area contributed by atoms with Gasteiger partial charge >= 0.3 is 0 Å². The van der Waals surface area contributed by atoms with E-state index in [2.05, 4.69) is 29.5 Å². The van der Waals surface area contributed by atoms with Crippen LogP contribution in [0, 0.1) is 6.92 Å². The van der Waals surface area contributed by atoms with Gasteiger partial charge in [0.2, 0.25) is 5.91 Å². The van der Waals surface area contributed by atoms with E-state index in [0.717, 1.165) is 11.1 Å². The van der Waals surface area contributed by atoms with Crippen LogP contribution in [-0.4, -0.2) is 46.2 Å². The topological polar surface area (TPSA) is 76.4 Å². The summed E-state index contributed by atoms with van der Waals surface area (Å²) in [5.41, 5.74) is 1.64. The molecule has 138 valence electrons. The Hall–Kier alpha value is -2.18. The highest BCUT2D eigenvalue weighted by Crippen LogP contribution is 2.39. The molecule has 0 bridgehead atoms. The molecule has 3 atom stereocenters. The molecule has 4 rings (SSSR count). The van der Waals surface area contributed by atoms with E-state index < -0.39 is 11.5 Å². The van der Waals surface area contributed by atoms with Crippen LogP contribution in [0.2, 0.25) is 0 Å². The number of aliphatic hydroxyl groups excluding tert-OH is 1. The molecule has 1 aliphatic heterocycles. The van der Waals surface area contributed by atoms with E-state index in [0.29, 0.717) is 32.5 Å². The van der Waals surface area contributed by atoms with Crippen molar-refractivity contribution in [2.45, 2.75) is 49.8 Å². The number of nitrogens with one attached hydrogen (secondary N) is 1. The predicted molar refractivity (Wildman–Crippen MR) is 96.7 cm³/mol. The summed E-state index contributed by atoms with van der Waals surface area (Å²) >= 11 is 0. The molecule has 1 saturated heterocycles. The second-order valence-electron chi connectivity index (χ2n) is 7.37. The normalized spacial score (nSPS) is 27.5. The minimum Gasteiger partial charge on any atom is -0.391 e. The van der Waals surface area contributed by atoms with Gasteiger partial charge in [0.15, 0.2) is 0 Å². The van der Waals surface area contributed by atoms with Gasteiger partial charge in [-0.05, 0) is 43.4 Å². The lowest BCUT2D eigenvalue weighted by molar-refractivity contribution is -0.134. The summed E-state index contributed by atoms with van der Waals surface area (Å²) in [6, 6.07) is 9.62. The summed E-state index contributed by atoms with van der Waals surface area (Å²) < 4.78 is 7.28. The third kappa shape index (κ3) is 2.83. The van der Waals surface area contributed by atoms with Crippen molar-refractivity contribution in [1.82, 2.24) is 15.1 Å². The van der Waals surface area contributed by atoms with Crippen LogP contribution >= 0.6 is 0 Å². The first-order valence-corrected chi connectivity index (χ1v) is 9.24. The fraction of sp³-hybridized carbons (Fsp3) is 0.500. The van der Waals surface area contributed by atoms with Crippen LogP contribution in [0.15, 0.2) is 42.7 Å². The Labute approximate surface area is 153 Å². The van der Waals surface area contributed by atoms with Gasteiger partial charge in [-0.3, -0.25) is 9.48 Å². The lowest BCUT2D eigenvalue weighted by Gasteiger charge is -2.45. The highest BCUT2D eigenvalue weighted by atomic mass is 16.5. The maximum atomic E-state index is 13.4. The van der Waals surface area contributed by atoms with Crippen LogP contribution < -0.4 is 5.32 Å². The van der Waals surface area contributed by atoms with Crippen LogP contribution in [0.3, 0.4) is 0 Å². The van der Waals surface area contributed by atoms with E-state index >= 15 is 0 Å². The first kappa shape index (κ1) is 17.2. The Morgan fingerprint density at radius 1 is 1.31 bits per heavy atom. The van der Waals surface area contributed by atoms with Crippen molar-refractivity contribution in [1.29, 1.82) is 0 Å². The minimum absolute atomic E-state index is 0.0316. The summed E-state index contributed by atoms with van der Waals surface area (Å²) in [6.07, 6.45) is 4.94. The minimum atomic E-state index is -0.571. The lowest BCUT2D eigenvalue weighted by atomic mass is 9.71. The number of rotatable bonds is 4. The Balaban J connectivity index is 1.59. The van der Waals surface area contributed by atoms with Crippen molar-refractivity contribution in [3.8, 4) is 0 Å². The molecule has 2 fully saturated rings. The van der Waals surface area contributed by atoms with Gasteiger partial charge in [-0.15, -0.1) is 0 Å². The Morgan fingerprint density at radius 3 is 2.73 bits per heavy atom. The van der Waals surface area contributed by atoms with Crippen molar-refractivity contribution in [2.24, 2.45) is 0 Å². The third-order valence-corrected chi connectivity index (χ3v) is 5.89. The number of benzene rings is 1. The standard InChI is InChI=1S/C20H25N3O3/c1-14-5-2-3-6-15(14)20(7-11-26-12-8-20)19(25)22-16-13-17(24)18(16)23-10-4-9-21-23/h2-6,9-10,16-18,24H,7-8,11-13H2,1H3,(H,22,25)/t16-,17+,18+/m0/s1. The lowest BCUT2D eigenvalue weighted by Crippen LogP contribution is -2.60. The molecule has 0 radical (unpaired) electrons. The number of hydrogen-bond acceptors (Lipinski definition) is 4. The van der Waals surface area contributed by atoms with E-state index in [-0.39, 0.29) is 18.0 Å². The molecular formula is C20H25N3O3. The van der Waals surface area contributed by atoms with Gasteiger partial charge in [0, 0.05) is 25.6 Å². The van der Waals surface area contributed by atoms with E-state index in [1.165, 1.54) is 0 Å². The van der Waals surface area contributed by atoms with E-state index in [4.69, 9.17) is 4.74 Å². The van der Waals surface area contributed by atoms with Crippen LogP contribution in [0.4, 0.5) is 0 Å². The van der Waals surface area contributed by atoms with E-state index in [1.807, 2.05) is 24.4 Å². The first-order chi connectivity index (χ1) is 12.6. The predicted octanol–water partition coefficient (Wildman–Crippen LogP) is 1.73. The van der Waals surface area contributed by atoms with E-state index in [1.54, 1.807) is 10.9 Å². The molecular weight excluding hydrogens is 330 g/mol. The SMILES string of the molecule is Cc1ccccc1C1(C(=O)N[C@H]2C[C@@H](O)[C@@H]2n2cccn2)CCOCC1. The molecule has 2 heterocycles. The van der Waals surface area contributed by atoms with Crippen LogP contribution in [0.25, 0.3) is 0 Å². The first-order valence-electron chi connectivity index (χ1n) is 9.24. The van der Waals surface area contributed by atoms with Crippen LogP contribution in [0.5, 0.6) is 0 Å². The smallest absolute Gasteiger partial charge is 0.231 e. The van der Waals surface area contributed by atoms with Crippen molar-refractivity contribution in [3.63, 3.8) is 0 Å².